The van der Waals surface area contributed by atoms with Gasteiger partial charge >= 0.3 is 6.09 Å². The molecule has 3 aliphatic heterocycles. The molecular formula is C25H29N4O6-. The molecule has 0 radical (unpaired) electrons. The molecule has 186 valence electrons. The van der Waals surface area contributed by atoms with Gasteiger partial charge < -0.3 is 30.1 Å². The second-order valence-corrected chi connectivity index (χ2v) is 9.27. The smallest absolute Gasteiger partial charge is 0.414 e. The van der Waals surface area contributed by atoms with E-state index in [4.69, 9.17) is 4.74 Å². The summed E-state index contributed by atoms with van der Waals surface area (Å²) in [7, 11) is 0. The minimum Gasteiger partial charge on any atom is -0.733 e. The van der Waals surface area contributed by atoms with Crippen molar-refractivity contribution < 1.29 is 24.6 Å². The molecule has 2 N–H and O–H groups in total. The number of rotatable bonds is 4. The van der Waals surface area contributed by atoms with Gasteiger partial charge in [0.1, 0.15) is 6.61 Å². The number of aliphatic hydroxyl groups is 1. The van der Waals surface area contributed by atoms with Crippen molar-refractivity contribution in [2.45, 2.75) is 44.4 Å². The van der Waals surface area contributed by atoms with Crippen LogP contribution in [-0.4, -0.2) is 65.5 Å². The SMILES string of the molecule is O=C(c1ccc(N2CCC(N3C(=O)OCc4ccccc43)CC2)c(N([O-])O)c1)N1CCC(O)CC1. The van der Waals surface area contributed by atoms with Gasteiger partial charge in [-0.2, -0.15) is 0 Å². The molecule has 0 atom stereocenters. The first-order valence-corrected chi connectivity index (χ1v) is 12.0. The fourth-order valence-corrected chi connectivity index (χ4v) is 5.21. The first-order chi connectivity index (χ1) is 16.9. The fourth-order valence-electron chi connectivity index (χ4n) is 5.21. The van der Waals surface area contributed by atoms with Crippen LogP contribution in [0.25, 0.3) is 0 Å². The molecule has 0 unspecified atom stereocenters. The zero-order valence-electron chi connectivity index (χ0n) is 19.4. The number of anilines is 3. The molecule has 2 saturated heterocycles. The van der Waals surface area contributed by atoms with Crippen molar-refractivity contribution in [2.75, 3.05) is 41.2 Å². The van der Waals surface area contributed by atoms with E-state index in [1.54, 1.807) is 21.9 Å². The largest absolute Gasteiger partial charge is 0.733 e. The van der Waals surface area contributed by atoms with E-state index in [0.29, 0.717) is 63.1 Å². The zero-order chi connectivity index (χ0) is 24.5. The maximum absolute atomic E-state index is 12.9. The van der Waals surface area contributed by atoms with Crippen LogP contribution in [0.1, 0.15) is 41.6 Å². The van der Waals surface area contributed by atoms with Crippen molar-refractivity contribution in [3.05, 3.63) is 58.8 Å². The Hall–Kier alpha value is -3.34. The van der Waals surface area contributed by atoms with Crippen molar-refractivity contribution in [1.82, 2.24) is 4.90 Å². The number of hydrogen-bond donors (Lipinski definition) is 2. The highest BCUT2D eigenvalue weighted by Gasteiger charge is 2.34. The number of likely N-dealkylation sites (tertiary alicyclic amines) is 1. The number of carbonyl (C=O) groups excluding carboxylic acids is 2. The molecule has 0 bridgehead atoms. The molecule has 35 heavy (non-hydrogen) atoms. The zero-order valence-corrected chi connectivity index (χ0v) is 19.4. The average molecular weight is 482 g/mol. The van der Waals surface area contributed by atoms with Crippen LogP contribution in [0.2, 0.25) is 0 Å². The number of cyclic esters (lactones) is 1. The number of aliphatic hydroxyl groups excluding tert-OH is 1. The van der Waals surface area contributed by atoms with Crippen LogP contribution in [-0.2, 0) is 11.3 Å². The monoisotopic (exact) mass is 481 g/mol. The summed E-state index contributed by atoms with van der Waals surface area (Å²) < 4.78 is 5.37. The third kappa shape index (κ3) is 4.64. The molecule has 3 aliphatic rings. The van der Waals surface area contributed by atoms with Crippen LogP contribution in [0, 0.1) is 5.21 Å². The summed E-state index contributed by atoms with van der Waals surface area (Å²) in [6.45, 7) is 2.30. The number of hydrogen-bond acceptors (Lipinski definition) is 8. The van der Waals surface area contributed by atoms with Gasteiger partial charge in [0.25, 0.3) is 5.91 Å². The van der Waals surface area contributed by atoms with E-state index < -0.39 is 6.10 Å². The quantitative estimate of drug-likeness (QED) is 0.640. The van der Waals surface area contributed by atoms with Crippen LogP contribution in [0.5, 0.6) is 0 Å². The van der Waals surface area contributed by atoms with E-state index >= 15 is 0 Å². The highest BCUT2D eigenvalue weighted by Crippen LogP contribution is 2.36. The molecule has 0 aromatic heterocycles. The Bertz CT molecular complexity index is 1090. The van der Waals surface area contributed by atoms with E-state index in [2.05, 4.69) is 0 Å². The summed E-state index contributed by atoms with van der Waals surface area (Å²) in [5.41, 5.74) is 2.71. The third-order valence-electron chi connectivity index (χ3n) is 7.15. The fraction of sp³-hybridized carbons (Fsp3) is 0.440. The Morgan fingerprint density at radius 2 is 1.71 bits per heavy atom. The molecule has 2 aromatic carbocycles. The third-order valence-corrected chi connectivity index (χ3v) is 7.15. The van der Waals surface area contributed by atoms with Crippen LogP contribution < -0.4 is 15.0 Å². The maximum atomic E-state index is 12.9. The number of piperidine rings is 2. The van der Waals surface area contributed by atoms with Gasteiger partial charge in [-0.25, -0.2) is 4.79 Å². The molecule has 0 saturated carbocycles. The lowest BCUT2D eigenvalue weighted by Gasteiger charge is -2.42. The van der Waals surface area contributed by atoms with Gasteiger partial charge in [0.05, 0.1) is 23.2 Å². The summed E-state index contributed by atoms with van der Waals surface area (Å²) in [4.78, 5) is 30.8. The molecule has 5 rings (SSSR count). The van der Waals surface area contributed by atoms with Gasteiger partial charge in [-0.1, -0.05) is 18.2 Å². The van der Waals surface area contributed by atoms with Crippen molar-refractivity contribution in [2.24, 2.45) is 0 Å². The number of amides is 2. The molecular weight excluding hydrogens is 452 g/mol. The molecule has 3 heterocycles. The van der Waals surface area contributed by atoms with Crippen molar-refractivity contribution >= 4 is 29.1 Å². The van der Waals surface area contributed by atoms with Crippen LogP contribution >= 0.6 is 0 Å². The topological polar surface area (TPSA) is 120 Å². The highest BCUT2D eigenvalue weighted by atomic mass is 16.8. The summed E-state index contributed by atoms with van der Waals surface area (Å²) in [5, 5.41) is 31.3. The molecule has 0 spiro atoms. The molecule has 2 fully saturated rings. The van der Waals surface area contributed by atoms with Crippen LogP contribution in [0.4, 0.5) is 21.9 Å². The summed E-state index contributed by atoms with van der Waals surface area (Å²) >= 11 is 0. The van der Waals surface area contributed by atoms with E-state index in [-0.39, 0.29) is 35.6 Å². The van der Waals surface area contributed by atoms with Crippen LogP contribution in [0.3, 0.4) is 0 Å². The summed E-state index contributed by atoms with van der Waals surface area (Å²) in [6, 6.07) is 12.4. The summed E-state index contributed by atoms with van der Waals surface area (Å²) in [5.74, 6) is -0.229. The van der Waals surface area contributed by atoms with Crippen molar-refractivity contribution in [3.8, 4) is 0 Å². The lowest BCUT2D eigenvalue weighted by atomic mass is 9.99. The van der Waals surface area contributed by atoms with Gasteiger partial charge in [0, 0.05) is 43.3 Å². The molecule has 2 amide bonds. The Morgan fingerprint density at radius 3 is 2.43 bits per heavy atom. The van der Waals surface area contributed by atoms with E-state index in [1.165, 1.54) is 6.07 Å². The van der Waals surface area contributed by atoms with E-state index in [1.807, 2.05) is 29.2 Å². The van der Waals surface area contributed by atoms with Gasteiger partial charge in [-0.15, -0.1) is 0 Å². The molecule has 10 heteroatoms. The number of para-hydroxylation sites is 1. The number of ether oxygens (including phenoxy) is 1. The standard InChI is InChI=1S/C25H29N4O6/c30-20-9-13-27(14-10-20)24(31)17-5-6-22(23(15-17)29(33)34)26-11-7-19(8-12-26)28-21-4-2-1-3-18(21)16-35-25(28)32/h1-6,15,19-20,30,33H,7-14,16H2/q-1. The van der Waals surface area contributed by atoms with Gasteiger partial charge in [-0.05, 0) is 49.9 Å². The second-order valence-electron chi connectivity index (χ2n) is 9.27. The first-order valence-electron chi connectivity index (χ1n) is 12.0. The number of carbonyl (C=O) groups is 2. The number of fused-ring (bicyclic) bond motifs is 1. The molecule has 0 aliphatic carbocycles. The van der Waals surface area contributed by atoms with Gasteiger partial charge in [-0.3, -0.25) is 14.9 Å². The van der Waals surface area contributed by atoms with Crippen molar-refractivity contribution in [3.63, 3.8) is 0 Å². The predicted molar refractivity (Wildman–Crippen MR) is 130 cm³/mol. The van der Waals surface area contributed by atoms with Gasteiger partial charge in [0.15, 0.2) is 0 Å². The predicted octanol–water partition coefficient (Wildman–Crippen LogP) is 3.10. The van der Waals surface area contributed by atoms with E-state index in [0.717, 1.165) is 11.3 Å². The van der Waals surface area contributed by atoms with E-state index in [9.17, 15) is 25.1 Å². The Labute approximate surface area is 203 Å². The molecule has 10 nitrogen and oxygen atoms in total. The Balaban J connectivity index is 1.31. The lowest BCUT2D eigenvalue weighted by Crippen LogP contribution is -2.49. The average Bonchev–Trinajstić information content (AvgIpc) is 2.88. The lowest BCUT2D eigenvalue weighted by molar-refractivity contribution is 0.0546. The Morgan fingerprint density at radius 1 is 1.00 bits per heavy atom. The summed E-state index contributed by atoms with van der Waals surface area (Å²) in [6.07, 6.45) is 1.61. The normalized spacial score (nSPS) is 19.4. The minimum absolute atomic E-state index is 0.00840. The highest BCUT2D eigenvalue weighted by molar-refractivity contribution is 5.96. The first kappa shape index (κ1) is 23.4. The van der Waals surface area contributed by atoms with Crippen LogP contribution in [0.15, 0.2) is 42.5 Å². The second kappa shape index (κ2) is 9.73. The van der Waals surface area contributed by atoms with Gasteiger partial charge in [0.2, 0.25) is 0 Å². The number of benzene rings is 2. The van der Waals surface area contributed by atoms with Crippen molar-refractivity contribution in [1.29, 1.82) is 0 Å². The molecule has 2 aromatic rings. The maximum Gasteiger partial charge on any atom is 0.414 e. The number of nitrogens with zero attached hydrogens (tertiary/aromatic N) is 4. The Kier molecular flexibility index (Phi) is 6.50. The minimum atomic E-state index is -0.394.